The highest BCUT2D eigenvalue weighted by Crippen LogP contribution is 2.50. The average Bonchev–Trinajstić information content (AvgIpc) is 3.16. The summed E-state index contributed by atoms with van der Waals surface area (Å²) in [6, 6.07) is 5.55. The van der Waals surface area contributed by atoms with Crippen LogP contribution in [0.3, 0.4) is 0 Å². The van der Waals surface area contributed by atoms with E-state index in [0.29, 0.717) is 18.7 Å². The molecule has 5 rings (SSSR count). The molecule has 1 saturated heterocycles. The maximum atomic E-state index is 13.6. The molecule has 0 amide bonds. The van der Waals surface area contributed by atoms with Crippen LogP contribution in [-0.2, 0) is 25.5 Å². The Labute approximate surface area is 210 Å². The highest BCUT2D eigenvalue weighted by atomic mass is 16.6. The molecule has 0 unspecified atom stereocenters. The molecule has 2 aromatic rings. The third-order valence-electron chi connectivity index (χ3n) is 7.94. The largest absolute Gasteiger partial charge is 0.497 e. The minimum atomic E-state index is -1.37. The SMILES string of the molecule is COC(=O)[C@@H]1[C@@H]2C[C@H]3c4c(c5ccc(OC)cc5n4C(=O)OC(C)(C)C)CCN3C[C@@H]2CC(=O)[C@H]1O. The van der Waals surface area contributed by atoms with Crippen LogP contribution in [0.5, 0.6) is 5.75 Å². The number of benzene rings is 1. The van der Waals surface area contributed by atoms with Crippen molar-refractivity contribution in [3.63, 3.8) is 0 Å². The molecule has 0 spiro atoms. The smallest absolute Gasteiger partial charge is 0.419 e. The minimum absolute atomic E-state index is 0.0535. The summed E-state index contributed by atoms with van der Waals surface area (Å²) in [5.74, 6) is -1.43. The van der Waals surface area contributed by atoms with E-state index in [1.807, 2.05) is 39.0 Å². The molecule has 1 aliphatic carbocycles. The van der Waals surface area contributed by atoms with Gasteiger partial charge < -0.3 is 19.3 Å². The summed E-state index contributed by atoms with van der Waals surface area (Å²) in [7, 11) is 2.87. The number of ether oxygens (including phenoxy) is 3. The van der Waals surface area contributed by atoms with Crippen LogP contribution in [0.25, 0.3) is 10.9 Å². The maximum absolute atomic E-state index is 13.6. The van der Waals surface area contributed by atoms with E-state index in [9.17, 15) is 19.5 Å². The number of aromatic nitrogens is 1. The second kappa shape index (κ2) is 8.88. The minimum Gasteiger partial charge on any atom is -0.497 e. The molecule has 5 atom stereocenters. The second-order valence-corrected chi connectivity index (χ2v) is 11.1. The van der Waals surface area contributed by atoms with Gasteiger partial charge in [-0.3, -0.25) is 14.5 Å². The number of aliphatic hydroxyl groups is 1. The van der Waals surface area contributed by atoms with Crippen LogP contribution in [0.2, 0.25) is 0 Å². The number of rotatable bonds is 2. The van der Waals surface area contributed by atoms with Crippen LogP contribution in [0.1, 0.15) is 50.9 Å². The quantitative estimate of drug-likeness (QED) is 0.630. The Kier molecular flexibility index (Phi) is 6.11. The summed E-state index contributed by atoms with van der Waals surface area (Å²) >= 11 is 0. The summed E-state index contributed by atoms with van der Waals surface area (Å²) in [5, 5.41) is 11.6. The number of methoxy groups -OCH3 is 2. The number of nitrogens with zero attached hydrogens (tertiary/aromatic N) is 2. The fraction of sp³-hybridized carbons (Fsp3) is 0.593. The lowest BCUT2D eigenvalue weighted by Crippen LogP contribution is -2.56. The van der Waals surface area contributed by atoms with Gasteiger partial charge in [0.2, 0.25) is 0 Å². The Morgan fingerprint density at radius 3 is 2.58 bits per heavy atom. The molecule has 2 aliphatic heterocycles. The van der Waals surface area contributed by atoms with Gasteiger partial charge in [-0.15, -0.1) is 0 Å². The molecule has 9 nitrogen and oxygen atoms in total. The highest BCUT2D eigenvalue weighted by molar-refractivity contribution is 5.95. The van der Waals surface area contributed by atoms with Crippen molar-refractivity contribution in [1.29, 1.82) is 0 Å². The topological polar surface area (TPSA) is 107 Å². The van der Waals surface area contributed by atoms with Crippen molar-refractivity contribution in [2.75, 3.05) is 27.3 Å². The lowest BCUT2D eigenvalue weighted by atomic mass is 9.64. The van der Waals surface area contributed by atoms with E-state index in [4.69, 9.17) is 14.2 Å². The molecule has 0 bridgehead atoms. The number of esters is 1. The predicted molar refractivity (Wildman–Crippen MR) is 131 cm³/mol. The number of piperidine rings is 1. The van der Waals surface area contributed by atoms with Crippen LogP contribution >= 0.6 is 0 Å². The molecular weight excluding hydrogens is 464 g/mol. The number of ketones is 1. The number of carbonyl (C=O) groups is 3. The van der Waals surface area contributed by atoms with Crippen LogP contribution < -0.4 is 4.74 Å². The molecule has 3 aliphatic rings. The van der Waals surface area contributed by atoms with Gasteiger partial charge in [0, 0.05) is 31.0 Å². The average molecular weight is 499 g/mol. The van der Waals surface area contributed by atoms with E-state index in [0.717, 1.165) is 35.1 Å². The second-order valence-electron chi connectivity index (χ2n) is 11.1. The van der Waals surface area contributed by atoms with Crippen molar-refractivity contribution in [2.45, 2.75) is 57.8 Å². The molecule has 1 aromatic carbocycles. The highest BCUT2D eigenvalue weighted by Gasteiger charge is 2.53. The van der Waals surface area contributed by atoms with Crippen LogP contribution in [0, 0.1) is 17.8 Å². The first kappa shape index (κ1) is 24.8. The molecule has 1 N–H and O–H groups in total. The zero-order chi connectivity index (χ0) is 25.9. The Morgan fingerprint density at radius 1 is 1.17 bits per heavy atom. The van der Waals surface area contributed by atoms with Crippen molar-refractivity contribution in [2.24, 2.45) is 17.8 Å². The zero-order valence-electron chi connectivity index (χ0n) is 21.4. The maximum Gasteiger partial charge on any atom is 0.419 e. The van der Waals surface area contributed by atoms with Crippen molar-refractivity contribution in [3.8, 4) is 5.75 Å². The van der Waals surface area contributed by atoms with Gasteiger partial charge in [-0.25, -0.2) is 9.36 Å². The van der Waals surface area contributed by atoms with Crippen LogP contribution in [-0.4, -0.2) is 71.4 Å². The summed E-state index contributed by atoms with van der Waals surface area (Å²) in [5.41, 5.74) is 1.98. The van der Waals surface area contributed by atoms with E-state index in [-0.39, 0.29) is 30.1 Å². The monoisotopic (exact) mass is 498 g/mol. The van der Waals surface area contributed by atoms with Gasteiger partial charge in [0.05, 0.1) is 37.4 Å². The van der Waals surface area contributed by atoms with E-state index < -0.39 is 29.7 Å². The van der Waals surface area contributed by atoms with Crippen molar-refractivity contribution < 1.29 is 33.7 Å². The van der Waals surface area contributed by atoms with E-state index in [1.54, 1.807) is 11.7 Å². The van der Waals surface area contributed by atoms with Crippen molar-refractivity contribution in [3.05, 3.63) is 29.5 Å². The Balaban J connectivity index is 1.64. The molecule has 3 heterocycles. The van der Waals surface area contributed by atoms with Gasteiger partial charge >= 0.3 is 12.1 Å². The first-order valence-corrected chi connectivity index (χ1v) is 12.5. The molecule has 36 heavy (non-hydrogen) atoms. The Morgan fingerprint density at radius 2 is 1.92 bits per heavy atom. The number of hydrogen-bond acceptors (Lipinski definition) is 8. The first-order valence-electron chi connectivity index (χ1n) is 12.5. The van der Waals surface area contributed by atoms with E-state index >= 15 is 0 Å². The lowest BCUT2D eigenvalue weighted by Gasteiger charge is -2.50. The fourth-order valence-electron chi connectivity index (χ4n) is 6.46. The number of Topliss-reactive ketones (excluding diaryl/α,β-unsaturated/α-hetero) is 1. The van der Waals surface area contributed by atoms with Crippen molar-refractivity contribution in [1.82, 2.24) is 9.47 Å². The summed E-state index contributed by atoms with van der Waals surface area (Å²) in [6.07, 6.45) is -0.318. The Bertz CT molecular complexity index is 1230. The molecule has 9 heteroatoms. The van der Waals surface area contributed by atoms with E-state index in [2.05, 4.69) is 4.90 Å². The standard InChI is InChI=1S/C27H34N2O7/c1-27(2,3)36-26(33)29-19-11-15(34-4)6-7-16(19)17-8-9-28-13-14-10-21(30)24(31)22(25(32)35-5)18(14)12-20(28)23(17)29/h6-7,11,14,18,20,22,24,31H,8-10,12-13H2,1-5H3/t14-,18+,20-,22+,24+/m0/s1. The summed E-state index contributed by atoms with van der Waals surface area (Å²) in [4.78, 5) is 41.1. The van der Waals surface area contributed by atoms with Gasteiger partial charge in [0.1, 0.15) is 17.5 Å². The Hall–Kier alpha value is -2.91. The first-order chi connectivity index (χ1) is 17.0. The number of hydrogen-bond donors (Lipinski definition) is 1. The molecular formula is C27H34N2O7. The van der Waals surface area contributed by atoms with E-state index in [1.165, 1.54) is 7.11 Å². The normalized spacial score (nSPS) is 28.2. The number of fused-ring (bicyclic) bond motifs is 6. The molecule has 2 fully saturated rings. The third kappa shape index (κ3) is 3.98. The molecule has 1 aromatic heterocycles. The number of carbonyl (C=O) groups excluding carboxylic acids is 3. The molecule has 0 radical (unpaired) electrons. The van der Waals surface area contributed by atoms with Crippen molar-refractivity contribution >= 4 is 28.7 Å². The van der Waals surface area contributed by atoms with Crippen LogP contribution in [0.15, 0.2) is 18.2 Å². The summed E-state index contributed by atoms with van der Waals surface area (Å²) < 4.78 is 17.9. The van der Waals surface area contributed by atoms with Gasteiger partial charge in [-0.05, 0) is 63.1 Å². The molecule has 194 valence electrons. The zero-order valence-corrected chi connectivity index (χ0v) is 21.4. The van der Waals surface area contributed by atoms with Gasteiger partial charge in [0.15, 0.2) is 5.78 Å². The van der Waals surface area contributed by atoms with Gasteiger partial charge in [0.25, 0.3) is 0 Å². The van der Waals surface area contributed by atoms with Crippen LogP contribution in [0.4, 0.5) is 4.79 Å². The van der Waals surface area contributed by atoms with Gasteiger partial charge in [-0.2, -0.15) is 0 Å². The fourth-order valence-corrected chi connectivity index (χ4v) is 6.46. The summed E-state index contributed by atoms with van der Waals surface area (Å²) in [6.45, 7) is 6.90. The predicted octanol–water partition coefficient (Wildman–Crippen LogP) is 3.09. The third-order valence-corrected chi connectivity index (χ3v) is 7.94. The lowest BCUT2D eigenvalue weighted by molar-refractivity contribution is -0.166. The number of aliphatic hydroxyl groups excluding tert-OH is 1. The van der Waals surface area contributed by atoms with Gasteiger partial charge in [-0.1, -0.05) is 0 Å². The molecule has 1 saturated carbocycles.